The first-order valence-corrected chi connectivity index (χ1v) is 7.80. The SMILES string of the molecule is Cc1cncc(C(=O)NC2CCC(NC(=O)CCN)CC2)c1. The lowest BCUT2D eigenvalue weighted by Gasteiger charge is -2.29. The minimum atomic E-state index is -0.0770. The van der Waals surface area contributed by atoms with Gasteiger partial charge in [-0.1, -0.05) is 0 Å². The van der Waals surface area contributed by atoms with E-state index in [1.54, 1.807) is 12.4 Å². The number of carbonyl (C=O) groups is 2. The average molecular weight is 304 g/mol. The molecule has 0 saturated heterocycles. The third kappa shape index (κ3) is 4.80. The maximum absolute atomic E-state index is 12.2. The topological polar surface area (TPSA) is 97.1 Å². The van der Waals surface area contributed by atoms with Crippen molar-refractivity contribution in [3.63, 3.8) is 0 Å². The van der Waals surface area contributed by atoms with Crippen LogP contribution in [0.4, 0.5) is 0 Å². The van der Waals surface area contributed by atoms with E-state index in [2.05, 4.69) is 15.6 Å². The Kier molecular flexibility index (Phi) is 5.89. The van der Waals surface area contributed by atoms with Crippen molar-refractivity contribution < 1.29 is 9.59 Å². The number of hydrogen-bond acceptors (Lipinski definition) is 4. The van der Waals surface area contributed by atoms with E-state index in [1.165, 1.54) is 0 Å². The quantitative estimate of drug-likeness (QED) is 0.753. The molecular formula is C16H24N4O2. The summed E-state index contributed by atoms with van der Waals surface area (Å²) in [5.41, 5.74) is 6.93. The molecule has 6 nitrogen and oxygen atoms in total. The second-order valence-electron chi connectivity index (χ2n) is 5.88. The number of rotatable bonds is 5. The van der Waals surface area contributed by atoms with Gasteiger partial charge >= 0.3 is 0 Å². The molecule has 1 heterocycles. The van der Waals surface area contributed by atoms with E-state index in [9.17, 15) is 9.59 Å². The maximum atomic E-state index is 12.2. The molecule has 1 aromatic heterocycles. The van der Waals surface area contributed by atoms with E-state index in [0.29, 0.717) is 18.5 Å². The predicted molar refractivity (Wildman–Crippen MR) is 84.3 cm³/mol. The number of aromatic nitrogens is 1. The van der Waals surface area contributed by atoms with Gasteiger partial charge < -0.3 is 16.4 Å². The van der Waals surface area contributed by atoms with Gasteiger partial charge in [0.25, 0.3) is 5.91 Å². The zero-order chi connectivity index (χ0) is 15.9. The molecule has 0 radical (unpaired) electrons. The number of nitrogens with zero attached hydrogens (tertiary/aromatic N) is 1. The third-order valence-corrected chi connectivity index (χ3v) is 3.94. The summed E-state index contributed by atoms with van der Waals surface area (Å²) in [5, 5.41) is 6.04. The van der Waals surface area contributed by atoms with Crippen molar-refractivity contribution in [2.24, 2.45) is 5.73 Å². The van der Waals surface area contributed by atoms with Crippen LogP contribution in [-0.2, 0) is 4.79 Å². The second kappa shape index (κ2) is 7.89. The standard InChI is InChI=1S/C16H24N4O2/c1-11-8-12(10-18-9-11)16(22)20-14-4-2-13(3-5-14)19-15(21)6-7-17/h8-10,13-14H,2-7,17H2,1H3,(H,19,21)(H,20,22). The molecule has 0 aromatic carbocycles. The number of pyridine rings is 1. The van der Waals surface area contributed by atoms with Crippen LogP contribution in [0.3, 0.4) is 0 Å². The predicted octanol–water partition coefficient (Wildman–Crippen LogP) is 0.896. The van der Waals surface area contributed by atoms with Crippen molar-refractivity contribution in [3.05, 3.63) is 29.6 Å². The summed E-state index contributed by atoms with van der Waals surface area (Å²) in [6.07, 6.45) is 7.20. The summed E-state index contributed by atoms with van der Waals surface area (Å²) in [7, 11) is 0. The fourth-order valence-electron chi connectivity index (χ4n) is 2.76. The third-order valence-electron chi connectivity index (χ3n) is 3.94. The molecule has 0 unspecified atom stereocenters. The minimum absolute atomic E-state index is 0.0146. The van der Waals surface area contributed by atoms with E-state index in [-0.39, 0.29) is 23.9 Å². The van der Waals surface area contributed by atoms with Crippen molar-refractivity contribution in [1.29, 1.82) is 0 Å². The lowest BCUT2D eigenvalue weighted by Crippen LogP contribution is -2.44. The van der Waals surface area contributed by atoms with E-state index >= 15 is 0 Å². The molecule has 1 saturated carbocycles. The lowest BCUT2D eigenvalue weighted by molar-refractivity contribution is -0.121. The number of nitrogens with two attached hydrogens (primary N) is 1. The van der Waals surface area contributed by atoms with Gasteiger partial charge in [0.15, 0.2) is 0 Å². The first-order chi connectivity index (χ1) is 10.6. The van der Waals surface area contributed by atoms with E-state index in [1.807, 2.05) is 13.0 Å². The first kappa shape index (κ1) is 16.4. The highest BCUT2D eigenvalue weighted by molar-refractivity contribution is 5.94. The van der Waals surface area contributed by atoms with Crippen LogP contribution >= 0.6 is 0 Å². The van der Waals surface area contributed by atoms with E-state index in [0.717, 1.165) is 31.2 Å². The first-order valence-electron chi connectivity index (χ1n) is 7.80. The Hall–Kier alpha value is -1.95. The average Bonchev–Trinajstić information content (AvgIpc) is 2.49. The van der Waals surface area contributed by atoms with Crippen LogP contribution in [0.1, 0.15) is 48.0 Å². The van der Waals surface area contributed by atoms with Crippen molar-refractivity contribution in [2.75, 3.05) is 6.54 Å². The molecule has 120 valence electrons. The van der Waals surface area contributed by atoms with Crippen LogP contribution in [0.2, 0.25) is 0 Å². The highest BCUT2D eigenvalue weighted by Gasteiger charge is 2.23. The fourth-order valence-corrected chi connectivity index (χ4v) is 2.76. The number of hydrogen-bond donors (Lipinski definition) is 3. The van der Waals surface area contributed by atoms with Gasteiger partial charge in [0, 0.05) is 37.4 Å². The Morgan fingerprint density at radius 2 is 1.82 bits per heavy atom. The van der Waals surface area contributed by atoms with Gasteiger partial charge in [0.05, 0.1) is 5.56 Å². The molecule has 1 aromatic rings. The fraction of sp³-hybridized carbons (Fsp3) is 0.562. The van der Waals surface area contributed by atoms with Crippen molar-refractivity contribution >= 4 is 11.8 Å². The Labute approximate surface area is 130 Å². The minimum Gasteiger partial charge on any atom is -0.353 e. The molecule has 0 spiro atoms. The van der Waals surface area contributed by atoms with Gasteiger partial charge in [-0.25, -0.2) is 0 Å². The van der Waals surface area contributed by atoms with E-state index in [4.69, 9.17) is 5.73 Å². The number of nitrogens with one attached hydrogen (secondary N) is 2. The summed E-state index contributed by atoms with van der Waals surface area (Å²) < 4.78 is 0. The molecule has 0 bridgehead atoms. The summed E-state index contributed by atoms with van der Waals surface area (Å²) in [6, 6.07) is 2.20. The summed E-state index contributed by atoms with van der Waals surface area (Å²) in [4.78, 5) is 27.7. The molecule has 1 aliphatic carbocycles. The molecule has 4 N–H and O–H groups in total. The summed E-state index contributed by atoms with van der Waals surface area (Å²) in [6.45, 7) is 2.29. The Morgan fingerprint density at radius 1 is 1.18 bits per heavy atom. The van der Waals surface area contributed by atoms with Gasteiger partial charge in [-0.05, 0) is 44.2 Å². The Morgan fingerprint density at radius 3 is 2.41 bits per heavy atom. The highest BCUT2D eigenvalue weighted by atomic mass is 16.2. The summed E-state index contributed by atoms with van der Waals surface area (Å²) >= 11 is 0. The number of carbonyl (C=O) groups excluding carboxylic acids is 2. The summed E-state index contributed by atoms with van der Waals surface area (Å²) in [5.74, 6) is -0.0624. The van der Waals surface area contributed by atoms with Gasteiger partial charge in [0.1, 0.15) is 0 Å². The van der Waals surface area contributed by atoms with Gasteiger partial charge in [0.2, 0.25) is 5.91 Å². The molecular weight excluding hydrogens is 280 g/mol. The molecule has 22 heavy (non-hydrogen) atoms. The van der Waals surface area contributed by atoms with Crippen LogP contribution in [0.15, 0.2) is 18.5 Å². The second-order valence-corrected chi connectivity index (χ2v) is 5.88. The lowest BCUT2D eigenvalue weighted by atomic mass is 9.91. The Balaban J connectivity index is 1.77. The highest BCUT2D eigenvalue weighted by Crippen LogP contribution is 2.19. The monoisotopic (exact) mass is 304 g/mol. The van der Waals surface area contributed by atoms with Crippen LogP contribution in [0.5, 0.6) is 0 Å². The zero-order valence-electron chi connectivity index (χ0n) is 13.0. The molecule has 6 heteroatoms. The van der Waals surface area contributed by atoms with Crippen LogP contribution < -0.4 is 16.4 Å². The van der Waals surface area contributed by atoms with Gasteiger partial charge in [-0.2, -0.15) is 0 Å². The smallest absolute Gasteiger partial charge is 0.253 e. The van der Waals surface area contributed by atoms with Crippen molar-refractivity contribution in [3.8, 4) is 0 Å². The van der Waals surface area contributed by atoms with Crippen LogP contribution in [-0.4, -0.2) is 35.4 Å². The molecule has 2 rings (SSSR count). The van der Waals surface area contributed by atoms with Crippen LogP contribution in [0, 0.1) is 6.92 Å². The normalized spacial score (nSPS) is 21.2. The molecule has 2 amide bonds. The number of amides is 2. The molecule has 0 atom stereocenters. The maximum Gasteiger partial charge on any atom is 0.253 e. The zero-order valence-corrected chi connectivity index (χ0v) is 13.0. The van der Waals surface area contributed by atoms with Crippen molar-refractivity contribution in [2.45, 2.75) is 51.1 Å². The largest absolute Gasteiger partial charge is 0.353 e. The molecule has 0 aliphatic heterocycles. The Bertz CT molecular complexity index is 525. The van der Waals surface area contributed by atoms with Crippen molar-refractivity contribution in [1.82, 2.24) is 15.6 Å². The van der Waals surface area contributed by atoms with E-state index < -0.39 is 0 Å². The van der Waals surface area contributed by atoms with Crippen LogP contribution in [0.25, 0.3) is 0 Å². The number of aryl methyl sites for hydroxylation is 1. The van der Waals surface area contributed by atoms with Gasteiger partial charge in [-0.3, -0.25) is 14.6 Å². The molecule has 1 fully saturated rings. The van der Waals surface area contributed by atoms with Gasteiger partial charge in [-0.15, -0.1) is 0 Å². The molecule has 1 aliphatic rings.